The van der Waals surface area contributed by atoms with Gasteiger partial charge in [0.15, 0.2) is 0 Å². The summed E-state index contributed by atoms with van der Waals surface area (Å²) in [5.41, 5.74) is 0. The van der Waals surface area contributed by atoms with E-state index < -0.39 is 9.73 Å². The molecule has 0 spiro atoms. The highest BCUT2D eigenvalue weighted by molar-refractivity contribution is 7.93. The Hall–Kier alpha value is -0.0500. The van der Waals surface area contributed by atoms with Crippen molar-refractivity contribution in [3.8, 4) is 0 Å². The van der Waals surface area contributed by atoms with Crippen molar-refractivity contribution in [3.63, 3.8) is 0 Å². The number of rotatable bonds is 0. The van der Waals surface area contributed by atoms with Gasteiger partial charge in [-0.25, -0.2) is 4.36 Å². The van der Waals surface area contributed by atoms with Crippen LogP contribution in [-0.2, 0) is 9.73 Å². The first-order valence-electron chi connectivity index (χ1n) is 2.79. The van der Waals surface area contributed by atoms with Crippen LogP contribution in [-0.4, -0.2) is 22.3 Å². The zero-order chi connectivity index (χ0) is 6.20. The first kappa shape index (κ1) is 6.08. The topological polar surface area (TPSA) is 29.4 Å². The number of hydrogen-bond donors (Lipinski definition) is 0. The van der Waals surface area contributed by atoms with Crippen LogP contribution in [0.25, 0.3) is 0 Å². The molecule has 0 aromatic carbocycles. The Bertz CT molecular complexity index is 191. The van der Waals surface area contributed by atoms with E-state index in [1.54, 1.807) is 6.26 Å². The van der Waals surface area contributed by atoms with Crippen LogP contribution in [0.2, 0.25) is 0 Å². The molecule has 1 heterocycles. The lowest BCUT2D eigenvalue weighted by Gasteiger charge is -1.87. The van der Waals surface area contributed by atoms with Gasteiger partial charge in [0.05, 0.1) is 6.04 Å². The van der Waals surface area contributed by atoms with Crippen LogP contribution in [0.4, 0.5) is 0 Å². The van der Waals surface area contributed by atoms with E-state index in [9.17, 15) is 4.21 Å². The van der Waals surface area contributed by atoms with Crippen LogP contribution < -0.4 is 0 Å². The number of nitrogens with zero attached hydrogens (tertiary/aromatic N) is 1. The first-order chi connectivity index (χ1) is 3.60. The molecule has 0 saturated heterocycles. The predicted molar refractivity (Wildman–Crippen MR) is 35.4 cm³/mol. The maximum atomic E-state index is 11.0. The molecule has 2 unspecified atom stereocenters. The van der Waals surface area contributed by atoms with Crippen LogP contribution in [0.5, 0.6) is 0 Å². The van der Waals surface area contributed by atoms with Crippen molar-refractivity contribution < 1.29 is 4.21 Å². The summed E-state index contributed by atoms with van der Waals surface area (Å²) >= 11 is 0. The van der Waals surface area contributed by atoms with Crippen LogP contribution in [0.15, 0.2) is 4.36 Å². The molecule has 0 radical (unpaired) electrons. The van der Waals surface area contributed by atoms with Crippen LogP contribution in [0.1, 0.15) is 13.3 Å². The second-order valence-corrected chi connectivity index (χ2v) is 4.94. The van der Waals surface area contributed by atoms with E-state index in [2.05, 4.69) is 4.36 Å². The maximum absolute atomic E-state index is 11.0. The van der Waals surface area contributed by atoms with Crippen molar-refractivity contribution in [2.75, 3.05) is 12.0 Å². The van der Waals surface area contributed by atoms with Crippen molar-refractivity contribution in [2.45, 2.75) is 19.4 Å². The van der Waals surface area contributed by atoms with E-state index in [0.29, 0.717) is 6.04 Å². The molecular weight excluding hydrogens is 122 g/mol. The van der Waals surface area contributed by atoms with Crippen LogP contribution in [0, 0.1) is 0 Å². The van der Waals surface area contributed by atoms with Gasteiger partial charge in [0, 0.05) is 21.7 Å². The molecule has 0 aromatic rings. The Morgan fingerprint density at radius 2 is 2.38 bits per heavy atom. The summed E-state index contributed by atoms with van der Waals surface area (Å²) in [7, 11) is -1.72. The molecule has 3 heteroatoms. The summed E-state index contributed by atoms with van der Waals surface area (Å²) in [5, 5.41) is 0. The molecule has 2 nitrogen and oxygen atoms in total. The molecule has 0 bridgehead atoms. The summed E-state index contributed by atoms with van der Waals surface area (Å²) < 4.78 is 15.1. The Kier molecular flexibility index (Phi) is 1.31. The minimum absolute atomic E-state index is 0.340. The zero-order valence-corrected chi connectivity index (χ0v) is 6.07. The van der Waals surface area contributed by atoms with Crippen molar-refractivity contribution in [1.29, 1.82) is 0 Å². The van der Waals surface area contributed by atoms with Crippen LogP contribution in [0.3, 0.4) is 0 Å². The van der Waals surface area contributed by atoms with Gasteiger partial charge in [-0.05, 0) is 13.3 Å². The summed E-state index contributed by atoms with van der Waals surface area (Å²) in [6, 6.07) is 0.340. The first-order valence-corrected chi connectivity index (χ1v) is 4.88. The minimum atomic E-state index is -1.72. The predicted octanol–water partition coefficient (Wildman–Crippen LogP) is 0.876. The van der Waals surface area contributed by atoms with Gasteiger partial charge in [-0.2, -0.15) is 0 Å². The molecule has 8 heavy (non-hydrogen) atoms. The van der Waals surface area contributed by atoms with E-state index in [-0.39, 0.29) is 0 Å². The van der Waals surface area contributed by atoms with E-state index in [1.807, 2.05) is 6.92 Å². The fourth-order valence-electron chi connectivity index (χ4n) is 0.875. The summed E-state index contributed by atoms with van der Waals surface area (Å²) in [4.78, 5) is 0. The number of hydrogen-bond acceptors (Lipinski definition) is 2. The van der Waals surface area contributed by atoms with Gasteiger partial charge in [0.25, 0.3) is 0 Å². The van der Waals surface area contributed by atoms with Gasteiger partial charge < -0.3 is 0 Å². The molecule has 1 rings (SSSR count). The average molecular weight is 133 g/mol. The van der Waals surface area contributed by atoms with Gasteiger partial charge in [0.2, 0.25) is 0 Å². The second kappa shape index (κ2) is 1.72. The Labute approximate surface area is 50.5 Å². The van der Waals surface area contributed by atoms with Gasteiger partial charge >= 0.3 is 0 Å². The van der Waals surface area contributed by atoms with Crippen LogP contribution >= 0.6 is 0 Å². The third-order valence-corrected chi connectivity index (χ3v) is 3.12. The van der Waals surface area contributed by atoms with Crippen molar-refractivity contribution >= 4 is 9.73 Å². The fraction of sp³-hybridized carbons (Fsp3) is 1.00. The monoisotopic (exact) mass is 133 g/mol. The van der Waals surface area contributed by atoms with Gasteiger partial charge in [-0.3, -0.25) is 4.21 Å². The molecule has 1 aliphatic heterocycles. The summed E-state index contributed by atoms with van der Waals surface area (Å²) in [5.74, 6) is 0.800. The van der Waals surface area contributed by atoms with E-state index in [1.165, 1.54) is 0 Å². The van der Waals surface area contributed by atoms with E-state index in [0.717, 1.165) is 12.2 Å². The Balaban J connectivity index is 2.87. The lowest BCUT2D eigenvalue weighted by molar-refractivity contribution is 0.682. The third-order valence-electron chi connectivity index (χ3n) is 1.32. The SMILES string of the molecule is CC1CCS(C)(=O)=N1. The van der Waals surface area contributed by atoms with E-state index >= 15 is 0 Å². The van der Waals surface area contributed by atoms with Gasteiger partial charge in [-0.1, -0.05) is 0 Å². The highest BCUT2D eigenvalue weighted by atomic mass is 32.2. The van der Waals surface area contributed by atoms with Crippen molar-refractivity contribution in [1.82, 2.24) is 0 Å². The highest BCUT2D eigenvalue weighted by Gasteiger charge is 2.13. The van der Waals surface area contributed by atoms with Crippen molar-refractivity contribution in [3.05, 3.63) is 0 Å². The van der Waals surface area contributed by atoms with Crippen molar-refractivity contribution in [2.24, 2.45) is 4.36 Å². The normalized spacial score (nSPS) is 46.5. The largest absolute Gasteiger partial charge is 0.250 e. The highest BCUT2D eigenvalue weighted by Crippen LogP contribution is 2.11. The lowest BCUT2D eigenvalue weighted by atomic mass is 10.3. The molecule has 0 fully saturated rings. The molecule has 1 aliphatic rings. The molecule has 0 N–H and O–H groups in total. The fourth-order valence-corrected chi connectivity index (χ4v) is 2.63. The Morgan fingerprint density at radius 1 is 1.75 bits per heavy atom. The van der Waals surface area contributed by atoms with Gasteiger partial charge in [-0.15, -0.1) is 0 Å². The second-order valence-electron chi connectivity index (χ2n) is 2.41. The molecule has 0 aliphatic carbocycles. The van der Waals surface area contributed by atoms with Gasteiger partial charge in [0.1, 0.15) is 0 Å². The quantitative estimate of drug-likeness (QED) is 0.482. The zero-order valence-electron chi connectivity index (χ0n) is 5.26. The molecule has 0 amide bonds. The molecule has 2 atom stereocenters. The maximum Gasteiger partial charge on any atom is 0.0575 e. The summed E-state index contributed by atoms with van der Waals surface area (Å²) in [6.45, 7) is 2.01. The van der Waals surface area contributed by atoms with E-state index in [4.69, 9.17) is 0 Å². The smallest absolute Gasteiger partial charge is 0.0575 e. The summed E-state index contributed by atoms with van der Waals surface area (Å²) in [6.07, 6.45) is 2.74. The molecule has 0 aromatic heterocycles. The molecular formula is C5H11NOS. The Morgan fingerprint density at radius 3 is 2.50 bits per heavy atom. The standard InChI is InChI=1S/C5H11NOS/c1-5-3-4-8(2,7)6-5/h5H,3-4H2,1-2H3. The molecule has 48 valence electrons. The third kappa shape index (κ3) is 1.22. The lowest BCUT2D eigenvalue weighted by Crippen LogP contribution is -1.94. The minimum Gasteiger partial charge on any atom is -0.250 e. The molecule has 0 saturated carbocycles. The average Bonchev–Trinajstić information content (AvgIpc) is 1.82.